The number of halogens is 2. The van der Waals surface area contributed by atoms with Gasteiger partial charge in [0, 0.05) is 5.69 Å². The molecule has 1 aromatic carbocycles. The Balaban J connectivity index is 2.18. The molecule has 21 heavy (non-hydrogen) atoms. The molecule has 0 saturated carbocycles. The Bertz CT molecular complexity index is 756. The van der Waals surface area contributed by atoms with Gasteiger partial charge < -0.3 is 5.32 Å². The molecule has 0 saturated heterocycles. The molecule has 0 aliphatic heterocycles. The van der Waals surface area contributed by atoms with Crippen LogP contribution in [0.4, 0.5) is 5.69 Å². The third-order valence-electron chi connectivity index (χ3n) is 3.11. The number of rotatable bonds is 3. The van der Waals surface area contributed by atoms with Crippen LogP contribution in [0.1, 0.15) is 11.1 Å². The summed E-state index contributed by atoms with van der Waals surface area (Å²) in [5.41, 5.74) is 2.14. The molecule has 0 aliphatic rings. The number of amides is 1. The van der Waals surface area contributed by atoms with Crippen molar-refractivity contribution in [3.05, 3.63) is 55.9 Å². The van der Waals surface area contributed by atoms with E-state index in [4.69, 9.17) is 23.2 Å². The number of carbonyl (C=O) groups is 1. The summed E-state index contributed by atoms with van der Waals surface area (Å²) in [6, 6.07) is 5.60. The minimum atomic E-state index is -0.597. The predicted octanol–water partition coefficient (Wildman–Crippen LogP) is 2.81. The topological polar surface area (TPSA) is 64.0 Å². The van der Waals surface area contributed by atoms with Crippen LogP contribution in [0, 0.1) is 13.8 Å². The Morgan fingerprint density at radius 2 is 2.05 bits per heavy atom. The van der Waals surface area contributed by atoms with Crippen molar-refractivity contribution in [1.29, 1.82) is 0 Å². The number of nitrogens with zero attached hydrogens (tertiary/aromatic N) is 2. The highest BCUT2D eigenvalue weighted by Gasteiger charge is 2.12. The Hall–Kier alpha value is -1.85. The molecule has 0 aliphatic carbocycles. The van der Waals surface area contributed by atoms with Crippen LogP contribution >= 0.6 is 23.2 Å². The largest absolute Gasteiger partial charge is 0.324 e. The highest BCUT2D eigenvalue weighted by Crippen LogP contribution is 2.18. The lowest BCUT2D eigenvalue weighted by Crippen LogP contribution is -2.30. The van der Waals surface area contributed by atoms with Gasteiger partial charge in [-0.25, -0.2) is 4.68 Å². The first-order chi connectivity index (χ1) is 9.90. The second-order valence-corrected chi connectivity index (χ2v) is 5.35. The average molecular weight is 326 g/mol. The number of nitrogens with one attached hydrogen (secondary N) is 1. The third-order valence-corrected chi connectivity index (χ3v) is 3.86. The van der Waals surface area contributed by atoms with Gasteiger partial charge in [0.25, 0.3) is 5.56 Å². The molecule has 1 N–H and O–H groups in total. The molecule has 1 aromatic heterocycles. The fraction of sp³-hybridized carbons (Fsp3) is 0.214. The maximum absolute atomic E-state index is 12.0. The second-order valence-electron chi connectivity index (χ2n) is 4.56. The molecule has 110 valence electrons. The molecule has 0 radical (unpaired) electrons. The van der Waals surface area contributed by atoms with Crippen molar-refractivity contribution in [2.24, 2.45) is 0 Å². The van der Waals surface area contributed by atoms with Gasteiger partial charge in [-0.15, -0.1) is 0 Å². The van der Waals surface area contributed by atoms with Gasteiger partial charge in [-0.3, -0.25) is 9.59 Å². The van der Waals surface area contributed by atoms with Gasteiger partial charge in [0.15, 0.2) is 0 Å². The first-order valence-corrected chi connectivity index (χ1v) is 6.93. The van der Waals surface area contributed by atoms with Crippen molar-refractivity contribution in [1.82, 2.24) is 9.78 Å². The zero-order valence-electron chi connectivity index (χ0n) is 11.5. The van der Waals surface area contributed by atoms with E-state index in [2.05, 4.69) is 10.4 Å². The number of hydrogen-bond acceptors (Lipinski definition) is 3. The highest BCUT2D eigenvalue weighted by atomic mass is 35.5. The number of aromatic nitrogens is 2. The maximum atomic E-state index is 12.0. The van der Waals surface area contributed by atoms with E-state index < -0.39 is 5.56 Å². The van der Waals surface area contributed by atoms with Crippen molar-refractivity contribution in [3.8, 4) is 0 Å². The van der Waals surface area contributed by atoms with Crippen molar-refractivity contribution < 1.29 is 4.79 Å². The number of carbonyl (C=O) groups excluding carboxylic acids is 1. The normalized spacial score (nSPS) is 10.5. The molecule has 0 spiro atoms. The van der Waals surface area contributed by atoms with E-state index in [1.165, 1.54) is 6.20 Å². The van der Waals surface area contributed by atoms with Gasteiger partial charge in [0.2, 0.25) is 5.91 Å². The van der Waals surface area contributed by atoms with Gasteiger partial charge in [-0.05, 0) is 31.0 Å². The van der Waals surface area contributed by atoms with E-state index in [-0.39, 0.29) is 22.5 Å². The molecule has 1 heterocycles. The molecule has 0 unspecified atom stereocenters. The van der Waals surface area contributed by atoms with E-state index in [0.717, 1.165) is 15.8 Å². The molecule has 0 bridgehead atoms. The van der Waals surface area contributed by atoms with Gasteiger partial charge in [0.1, 0.15) is 11.6 Å². The highest BCUT2D eigenvalue weighted by molar-refractivity contribution is 6.41. The average Bonchev–Trinajstić information content (AvgIpc) is 2.45. The summed E-state index contributed by atoms with van der Waals surface area (Å²) >= 11 is 11.4. The Morgan fingerprint density at radius 3 is 2.76 bits per heavy atom. The smallest absolute Gasteiger partial charge is 0.287 e. The minimum absolute atomic E-state index is 0.0628. The van der Waals surface area contributed by atoms with Crippen molar-refractivity contribution in [3.63, 3.8) is 0 Å². The summed E-state index contributed by atoms with van der Waals surface area (Å²) in [5, 5.41) is 6.45. The van der Waals surface area contributed by atoms with Gasteiger partial charge in [-0.1, -0.05) is 35.3 Å². The van der Waals surface area contributed by atoms with Crippen molar-refractivity contribution >= 4 is 34.8 Å². The second kappa shape index (κ2) is 6.28. The third kappa shape index (κ3) is 3.43. The molecular formula is C14H13Cl2N3O2. The van der Waals surface area contributed by atoms with Crippen LogP contribution < -0.4 is 10.9 Å². The van der Waals surface area contributed by atoms with Crippen LogP contribution in [0.2, 0.25) is 10.0 Å². The molecular weight excluding hydrogens is 313 g/mol. The lowest BCUT2D eigenvalue weighted by atomic mass is 10.1. The lowest BCUT2D eigenvalue weighted by molar-refractivity contribution is -0.117. The zero-order chi connectivity index (χ0) is 15.6. The maximum Gasteiger partial charge on any atom is 0.287 e. The molecule has 2 aromatic rings. The van der Waals surface area contributed by atoms with Gasteiger partial charge in [-0.2, -0.15) is 5.10 Å². The molecule has 2 rings (SSSR count). The standard InChI is InChI=1S/C14H13Cl2N3O2/c1-8-4-3-5-11(9(8)2)18-12(20)7-19-14(21)13(16)10(15)6-17-19/h3-6H,7H2,1-2H3,(H,18,20). The SMILES string of the molecule is Cc1cccc(NC(=O)Cn2ncc(Cl)c(Cl)c2=O)c1C. The first kappa shape index (κ1) is 15.5. The van der Waals surface area contributed by atoms with E-state index in [1.54, 1.807) is 6.07 Å². The number of anilines is 1. The first-order valence-electron chi connectivity index (χ1n) is 6.17. The fourth-order valence-electron chi connectivity index (χ4n) is 1.77. The molecule has 5 nitrogen and oxygen atoms in total. The van der Waals surface area contributed by atoms with Crippen LogP contribution in [-0.2, 0) is 11.3 Å². The minimum Gasteiger partial charge on any atom is -0.324 e. The number of hydrogen-bond donors (Lipinski definition) is 1. The Morgan fingerprint density at radius 1 is 1.33 bits per heavy atom. The Labute approximate surface area is 131 Å². The monoisotopic (exact) mass is 325 g/mol. The zero-order valence-corrected chi connectivity index (χ0v) is 13.0. The molecule has 0 atom stereocenters. The summed E-state index contributed by atoms with van der Waals surface area (Å²) in [6.45, 7) is 3.63. The molecule has 1 amide bonds. The van der Waals surface area contributed by atoms with E-state index in [1.807, 2.05) is 26.0 Å². The van der Waals surface area contributed by atoms with Crippen LogP contribution in [-0.4, -0.2) is 15.7 Å². The predicted molar refractivity (Wildman–Crippen MR) is 83.1 cm³/mol. The quantitative estimate of drug-likeness (QED) is 0.943. The van der Waals surface area contributed by atoms with E-state index in [0.29, 0.717) is 5.69 Å². The number of aryl methyl sites for hydroxylation is 1. The molecule has 7 heteroatoms. The Kier molecular flexibility index (Phi) is 4.65. The number of benzene rings is 1. The van der Waals surface area contributed by atoms with Crippen LogP contribution in [0.3, 0.4) is 0 Å². The summed E-state index contributed by atoms with van der Waals surface area (Å²) < 4.78 is 0.967. The van der Waals surface area contributed by atoms with Gasteiger partial charge in [0.05, 0.1) is 11.2 Å². The van der Waals surface area contributed by atoms with Crippen molar-refractivity contribution in [2.45, 2.75) is 20.4 Å². The van der Waals surface area contributed by atoms with Crippen LogP contribution in [0.15, 0.2) is 29.2 Å². The van der Waals surface area contributed by atoms with Crippen LogP contribution in [0.5, 0.6) is 0 Å². The van der Waals surface area contributed by atoms with Crippen molar-refractivity contribution in [2.75, 3.05) is 5.32 Å². The summed E-state index contributed by atoms with van der Waals surface area (Å²) in [6.07, 6.45) is 1.23. The van der Waals surface area contributed by atoms with Gasteiger partial charge >= 0.3 is 0 Å². The van der Waals surface area contributed by atoms with E-state index in [9.17, 15) is 9.59 Å². The van der Waals surface area contributed by atoms with Crippen LogP contribution in [0.25, 0.3) is 0 Å². The lowest BCUT2D eigenvalue weighted by Gasteiger charge is -2.11. The summed E-state index contributed by atoms with van der Waals surface area (Å²) in [7, 11) is 0. The van der Waals surface area contributed by atoms with E-state index >= 15 is 0 Å². The fourth-order valence-corrected chi connectivity index (χ4v) is 2.04. The summed E-state index contributed by atoms with van der Waals surface area (Å²) in [5.74, 6) is -0.364. The molecule has 0 fully saturated rings. The summed E-state index contributed by atoms with van der Waals surface area (Å²) in [4.78, 5) is 23.8.